The molecular weight excluding hydrogens is 140 g/mol. The van der Waals surface area contributed by atoms with Gasteiger partial charge in [0.15, 0.2) is 6.10 Å². The van der Waals surface area contributed by atoms with Crippen molar-refractivity contribution in [3.63, 3.8) is 0 Å². The second-order valence-corrected chi connectivity index (χ2v) is 2.76. The topological polar surface area (TPSA) is 18.0 Å². The highest BCUT2D eigenvalue weighted by molar-refractivity contribution is 4.85. The van der Waals surface area contributed by atoms with Crippen LogP contribution in [-0.4, -0.2) is 11.7 Å². The maximum Gasteiger partial charge on any atom is 0.285 e. The van der Waals surface area contributed by atoms with Crippen LogP contribution >= 0.6 is 0 Å². The van der Waals surface area contributed by atoms with E-state index in [1.807, 2.05) is 33.4 Å². The molecule has 0 saturated heterocycles. The lowest BCUT2D eigenvalue weighted by atomic mass is 10.4. The summed E-state index contributed by atoms with van der Waals surface area (Å²) in [4.78, 5) is 0. The summed E-state index contributed by atoms with van der Waals surface area (Å²) < 4.78 is 9.34. The molecule has 1 unspecified atom stereocenters. The van der Waals surface area contributed by atoms with E-state index >= 15 is 0 Å². The maximum atomic E-state index is 5.21. The smallest absolute Gasteiger partial charge is 0.285 e. The molecule has 11 heavy (non-hydrogen) atoms. The van der Waals surface area contributed by atoms with Gasteiger partial charge < -0.3 is 4.74 Å². The zero-order valence-corrected chi connectivity index (χ0v) is 7.53. The van der Waals surface area contributed by atoms with Gasteiger partial charge in [0.1, 0.15) is 12.4 Å². The van der Waals surface area contributed by atoms with Crippen LogP contribution in [0.3, 0.4) is 0 Å². The maximum absolute atomic E-state index is 5.21. The molecular formula is C8H15N2O+. The van der Waals surface area contributed by atoms with Crippen molar-refractivity contribution in [3.05, 3.63) is 18.2 Å². The molecule has 1 rings (SSSR count). The average Bonchev–Trinajstić information content (AvgIpc) is 2.30. The number of hydrogen-bond donors (Lipinski definition) is 0. The van der Waals surface area contributed by atoms with Crippen LogP contribution in [0, 0.1) is 0 Å². The molecule has 0 aliphatic carbocycles. The second kappa shape index (κ2) is 3.05. The number of aromatic nitrogens is 2. The molecule has 1 atom stereocenters. The van der Waals surface area contributed by atoms with Crippen LogP contribution in [0.5, 0.6) is 0 Å². The predicted octanol–water partition coefficient (Wildman–Crippen LogP) is 0.557. The quantitative estimate of drug-likeness (QED) is 0.571. The summed E-state index contributed by atoms with van der Waals surface area (Å²) in [7, 11) is 5.76. The van der Waals surface area contributed by atoms with Gasteiger partial charge >= 0.3 is 0 Å². The van der Waals surface area contributed by atoms with Crippen molar-refractivity contribution in [2.45, 2.75) is 13.0 Å². The normalized spacial score (nSPS) is 13.5. The van der Waals surface area contributed by atoms with Crippen LogP contribution in [0.1, 0.15) is 18.9 Å². The Morgan fingerprint density at radius 1 is 1.64 bits per heavy atom. The lowest BCUT2D eigenvalue weighted by molar-refractivity contribution is -0.682. The Bertz CT molecular complexity index is 223. The van der Waals surface area contributed by atoms with Crippen molar-refractivity contribution in [3.8, 4) is 0 Å². The Morgan fingerprint density at radius 2 is 2.27 bits per heavy atom. The van der Waals surface area contributed by atoms with Gasteiger partial charge in [0.2, 0.25) is 0 Å². The monoisotopic (exact) mass is 155 g/mol. The van der Waals surface area contributed by atoms with E-state index < -0.39 is 0 Å². The zero-order chi connectivity index (χ0) is 8.43. The first-order valence-corrected chi connectivity index (χ1v) is 3.70. The van der Waals surface area contributed by atoms with Crippen molar-refractivity contribution in [2.24, 2.45) is 14.1 Å². The minimum absolute atomic E-state index is 0.153. The van der Waals surface area contributed by atoms with Crippen molar-refractivity contribution < 1.29 is 9.30 Å². The zero-order valence-electron chi connectivity index (χ0n) is 7.53. The average molecular weight is 155 g/mol. The first-order chi connectivity index (χ1) is 5.16. The fourth-order valence-electron chi connectivity index (χ4n) is 1.28. The Labute approximate surface area is 67.2 Å². The molecule has 1 heterocycles. The number of aryl methyl sites for hydroxylation is 2. The number of rotatable bonds is 2. The SMILES string of the molecule is COC(C)c1n(C)cc[n+]1C. The van der Waals surface area contributed by atoms with Crippen molar-refractivity contribution in [2.75, 3.05) is 7.11 Å². The molecule has 0 saturated carbocycles. The highest BCUT2D eigenvalue weighted by atomic mass is 16.5. The molecule has 0 bridgehead atoms. The van der Waals surface area contributed by atoms with Gasteiger partial charge in [-0.05, 0) is 6.92 Å². The Morgan fingerprint density at radius 3 is 2.64 bits per heavy atom. The number of imidazole rings is 1. The molecule has 1 aromatic rings. The number of hydrogen-bond acceptors (Lipinski definition) is 1. The Hall–Kier alpha value is -0.830. The summed E-state index contributed by atoms with van der Waals surface area (Å²) in [5.74, 6) is 1.17. The van der Waals surface area contributed by atoms with E-state index in [-0.39, 0.29) is 6.10 Å². The summed E-state index contributed by atoms with van der Waals surface area (Å²) in [5, 5.41) is 0. The fraction of sp³-hybridized carbons (Fsp3) is 0.625. The van der Waals surface area contributed by atoms with E-state index in [0.717, 1.165) is 0 Å². The molecule has 0 aliphatic heterocycles. The molecule has 0 aliphatic rings. The third kappa shape index (κ3) is 1.43. The van der Waals surface area contributed by atoms with Crippen LogP contribution in [0.15, 0.2) is 12.4 Å². The van der Waals surface area contributed by atoms with Crippen LogP contribution < -0.4 is 4.57 Å². The standard InChI is InChI=1S/C8H15N2O/c1-7(11-4)8-9(2)5-6-10(8)3/h5-7H,1-4H3/q+1. The van der Waals surface area contributed by atoms with Crippen molar-refractivity contribution in [1.29, 1.82) is 0 Å². The summed E-state index contributed by atoms with van der Waals surface area (Å²) in [5.41, 5.74) is 0. The minimum Gasteiger partial charge on any atom is -0.369 e. The van der Waals surface area contributed by atoms with Gasteiger partial charge in [-0.25, -0.2) is 9.13 Å². The third-order valence-electron chi connectivity index (χ3n) is 1.95. The van der Waals surface area contributed by atoms with Crippen LogP contribution in [0.2, 0.25) is 0 Å². The minimum atomic E-state index is 0.153. The van der Waals surface area contributed by atoms with E-state index in [1.54, 1.807) is 7.11 Å². The summed E-state index contributed by atoms with van der Waals surface area (Å²) in [6, 6.07) is 0. The fourth-order valence-corrected chi connectivity index (χ4v) is 1.28. The number of ether oxygens (including phenoxy) is 1. The molecule has 0 amide bonds. The van der Waals surface area contributed by atoms with Gasteiger partial charge in [0.25, 0.3) is 5.82 Å². The second-order valence-electron chi connectivity index (χ2n) is 2.76. The van der Waals surface area contributed by atoms with E-state index in [1.165, 1.54) is 5.82 Å². The number of methoxy groups -OCH3 is 1. The highest BCUT2D eigenvalue weighted by Gasteiger charge is 2.18. The van der Waals surface area contributed by atoms with Crippen LogP contribution in [0.25, 0.3) is 0 Å². The lowest BCUT2D eigenvalue weighted by Crippen LogP contribution is -2.33. The lowest BCUT2D eigenvalue weighted by Gasteiger charge is -2.05. The molecule has 3 heteroatoms. The van der Waals surface area contributed by atoms with Gasteiger partial charge in [-0.3, -0.25) is 0 Å². The molecule has 62 valence electrons. The van der Waals surface area contributed by atoms with E-state index in [4.69, 9.17) is 4.74 Å². The van der Waals surface area contributed by atoms with Gasteiger partial charge in [-0.15, -0.1) is 0 Å². The third-order valence-corrected chi connectivity index (χ3v) is 1.95. The summed E-state index contributed by atoms with van der Waals surface area (Å²) in [6.07, 6.45) is 4.19. The van der Waals surface area contributed by atoms with E-state index in [9.17, 15) is 0 Å². The summed E-state index contributed by atoms with van der Waals surface area (Å²) in [6.45, 7) is 2.04. The molecule has 0 spiro atoms. The molecule has 0 radical (unpaired) electrons. The first-order valence-electron chi connectivity index (χ1n) is 3.70. The van der Waals surface area contributed by atoms with Gasteiger partial charge in [0.05, 0.1) is 14.1 Å². The molecule has 3 nitrogen and oxygen atoms in total. The molecule has 0 aromatic carbocycles. The Kier molecular flexibility index (Phi) is 2.29. The van der Waals surface area contributed by atoms with E-state index in [0.29, 0.717) is 0 Å². The molecule has 0 N–H and O–H groups in total. The molecule has 1 aromatic heterocycles. The van der Waals surface area contributed by atoms with Crippen molar-refractivity contribution >= 4 is 0 Å². The van der Waals surface area contributed by atoms with Gasteiger partial charge in [-0.2, -0.15) is 0 Å². The predicted molar refractivity (Wildman–Crippen MR) is 42.0 cm³/mol. The van der Waals surface area contributed by atoms with Crippen LogP contribution in [-0.2, 0) is 18.8 Å². The van der Waals surface area contributed by atoms with E-state index in [2.05, 4.69) is 9.13 Å². The van der Waals surface area contributed by atoms with Crippen LogP contribution in [0.4, 0.5) is 0 Å². The van der Waals surface area contributed by atoms with Gasteiger partial charge in [0, 0.05) is 7.11 Å². The first kappa shape index (κ1) is 8.27. The highest BCUT2D eigenvalue weighted by Crippen LogP contribution is 2.09. The summed E-state index contributed by atoms with van der Waals surface area (Å²) >= 11 is 0. The van der Waals surface area contributed by atoms with Crippen molar-refractivity contribution in [1.82, 2.24) is 4.57 Å². The largest absolute Gasteiger partial charge is 0.369 e. The molecule has 0 fully saturated rings. The Balaban J connectivity index is 3.00. The van der Waals surface area contributed by atoms with Gasteiger partial charge in [-0.1, -0.05) is 0 Å². The number of nitrogens with zero attached hydrogens (tertiary/aromatic N) is 2.